The largest absolute Gasteiger partial charge is 0.390 e. The van der Waals surface area contributed by atoms with E-state index < -0.39 is 35.4 Å². The third kappa shape index (κ3) is 8.58. The standard InChI is InChI=1S/C27H48N6O6/c34-22(16-28-10-4-1-5-11-28)19-31-25(37)32(20-23(35)17-29-12-6-2-7-13-29)27(39)33(26(31)38)21-24(36)18-30-14-8-3-9-15-30/h22-24,34-36H,1-21H2/t22-,23-,24+/m1/s1. The summed E-state index contributed by atoms with van der Waals surface area (Å²) < 4.78 is 2.70. The van der Waals surface area contributed by atoms with Gasteiger partial charge in [0.15, 0.2) is 0 Å². The number of β-amino-alcohol motifs (C(OH)–C–C–N with tert-alkyl or cyclic N) is 3. The van der Waals surface area contributed by atoms with Gasteiger partial charge in [0.25, 0.3) is 0 Å². The summed E-state index contributed by atoms with van der Waals surface area (Å²) in [5.74, 6) is 0. The quantitative estimate of drug-likeness (QED) is 0.289. The molecule has 3 aliphatic heterocycles. The molecule has 0 bridgehead atoms. The Morgan fingerprint density at radius 2 is 0.641 bits per heavy atom. The van der Waals surface area contributed by atoms with Crippen LogP contribution < -0.4 is 17.1 Å². The molecule has 0 aliphatic carbocycles. The topological polar surface area (TPSA) is 136 Å². The Balaban J connectivity index is 1.56. The van der Waals surface area contributed by atoms with Gasteiger partial charge in [-0.25, -0.2) is 28.1 Å². The fraction of sp³-hybridized carbons (Fsp3) is 0.889. The monoisotopic (exact) mass is 552 g/mol. The molecule has 3 saturated heterocycles. The lowest BCUT2D eigenvalue weighted by Gasteiger charge is -2.30. The zero-order valence-corrected chi connectivity index (χ0v) is 23.3. The van der Waals surface area contributed by atoms with Gasteiger partial charge in [-0.2, -0.15) is 0 Å². The number of aliphatic hydroxyl groups excluding tert-OH is 3. The number of hydrogen-bond donors (Lipinski definition) is 3. The van der Waals surface area contributed by atoms with Gasteiger partial charge in [0.1, 0.15) is 0 Å². The van der Waals surface area contributed by atoms with E-state index in [-0.39, 0.29) is 19.6 Å². The van der Waals surface area contributed by atoms with Crippen LogP contribution >= 0.6 is 0 Å². The highest BCUT2D eigenvalue weighted by Gasteiger charge is 2.24. The smallest absolute Gasteiger partial charge is 0.336 e. The zero-order valence-electron chi connectivity index (χ0n) is 23.3. The molecule has 3 fully saturated rings. The van der Waals surface area contributed by atoms with E-state index >= 15 is 0 Å². The fourth-order valence-corrected chi connectivity index (χ4v) is 6.28. The van der Waals surface area contributed by atoms with Gasteiger partial charge in [-0.05, 0) is 77.8 Å². The Hall–Kier alpha value is -1.83. The zero-order chi connectivity index (χ0) is 27.8. The molecule has 0 amide bonds. The first-order chi connectivity index (χ1) is 18.8. The Labute approximate surface area is 230 Å². The molecule has 222 valence electrons. The van der Waals surface area contributed by atoms with E-state index in [1.165, 1.54) is 0 Å². The van der Waals surface area contributed by atoms with Crippen LogP contribution in [-0.2, 0) is 19.6 Å². The van der Waals surface area contributed by atoms with E-state index in [9.17, 15) is 29.7 Å². The number of nitrogens with zero attached hydrogens (tertiary/aromatic N) is 6. The van der Waals surface area contributed by atoms with Crippen LogP contribution in [-0.4, -0.2) is 121 Å². The second-order valence-corrected chi connectivity index (χ2v) is 11.7. The van der Waals surface area contributed by atoms with Crippen molar-refractivity contribution in [3.63, 3.8) is 0 Å². The molecule has 1 aromatic rings. The summed E-state index contributed by atoms with van der Waals surface area (Å²) in [7, 11) is 0. The summed E-state index contributed by atoms with van der Waals surface area (Å²) in [4.78, 5) is 46.6. The number of rotatable bonds is 12. The number of aromatic nitrogens is 3. The highest BCUT2D eigenvalue weighted by atomic mass is 16.3. The summed E-state index contributed by atoms with van der Waals surface area (Å²) >= 11 is 0. The number of piperidine rings is 3. The molecule has 3 N–H and O–H groups in total. The highest BCUT2D eigenvalue weighted by molar-refractivity contribution is 4.84. The summed E-state index contributed by atoms with van der Waals surface area (Å²) in [6.07, 6.45) is 6.86. The van der Waals surface area contributed by atoms with Crippen molar-refractivity contribution in [1.29, 1.82) is 0 Å². The minimum absolute atomic E-state index is 0.251. The van der Waals surface area contributed by atoms with Crippen molar-refractivity contribution in [2.75, 3.05) is 58.9 Å². The predicted molar refractivity (Wildman–Crippen MR) is 148 cm³/mol. The molecule has 12 heteroatoms. The van der Waals surface area contributed by atoms with Crippen molar-refractivity contribution >= 4 is 0 Å². The number of likely N-dealkylation sites (tertiary alicyclic amines) is 3. The lowest BCUT2D eigenvalue weighted by atomic mass is 10.1. The van der Waals surface area contributed by atoms with Crippen LogP contribution in [0.25, 0.3) is 0 Å². The Morgan fingerprint density at radius 3 is 0.872 bits per heavy atom. The van der Waals surface area contributed by atoms with Crippen molar-refractivity contribution in [2.45, 2.75) is 95.7 Å². The van der Waals surface area contributed by atoms with Crippen LogP contribution in [0.4, 0.5) is 0 Å². The third-order valence-electron chi connectivity index (χ3n) is 8.32. The Bertz CT molecular complexity index is 904. The second kappa shape index (κ2) is 14.7. The summed E-state index contributed by atoms with van der Waals surface area (Å²) in [5, 5.41) is 32.4. The number of aliphatic hydroxyl groups is 3. The van der Waals surface area contributed by atoms with Gasteiger partial charge >= 0.3 is 17.1 Å². The molecule has 3 aliphatic rings. The van der Waals surface area contributed by atoms with Crippen LogP contribution in [0, 0.1) is 0 Å². The van der Waals surface area contributed by atoms with Gasteiger partial charge in [0, 0.05) is 19.6 Å². The molecule has 0 unspecified atom stereocenters. The molecule has 0 radical (unpaired) electrons. The fourth-order valence-electron chi connectivity index (χ4n) is 6.28. The van der Waals surface area contributed by atoms with Crippen molar-refractivity contribution in [1.82, 2.24) is 28.4 Å². The highest BCUT2D eigenvalue weighted by Crippen LogP contribution is 2.11. The average Bonchev–Trinajstić information content (AvgIpc) is 2.93. The summed E-state index contributed by atoms with van der Waals surface area (Å²) in [6, 6.07) is 0. The lowest BCUT2D eigenvalue weighted by molar-refractivity contribution is 0.0731. The molecule has 0 spiro atoms. The van der Waals surface area contributed by atoms with Gasteiger partial charge in [-0.1, -0.05) is 19.3 Å². The van der Waals surface area contributed by atoms with Crippen LogP contribution in [0.2, 0.25) is 0 Å². The molecule has 4 heterocycles. The molecule has 0 aromatic carbocycles. The van der Waals surface area contributed by atoms with Gasteiger partial charge in [-0.15, -0.1) is 0 Å². The van der Waals surface area contributed by atoms with E-state index in [0.29, 0.717) is 19.6 Å². The first-order valence-corrected chi connectivity index (χ1v) is 15.0. The molecule has 12 nitrogen and oxygen atoms in total. The molecule has 0 saturated carbocycles. The van der Waals surface area contributed by atoms with Crippen molar-refractivity contribution in [3.05, 3.63) is 31.5 Å². The second-order valence-electron chi connectivity index (χ2n) is 11.7. The Morgan fingerprint density at radius 1 is 0.410 bits per heavy atom. The van der Waals surface area contributed by atoms with Crippen LogP contribution in [0.15, 0.2) is 14.4 Å². The number of hydrogen-bond acceptors (Lipinski definition) is 9. The maximum absolute atomic E-state index is 13.4. The lowest BCUT2D eigenvalue weighted by Crippen LogP contribution is -2.58. The minimum atomic E-state index is -0.968. The van der Waals surface area contributed by atoms with E-state index in [1.807, 2.05) is 0 Å². The van der Waals surface area contributed by atoms with E-state index in [2.05, 4.69) is 14.7 Å². The van der Waals surface area contributed by atoms with Crippen LogP contribution in [0.5, 0.6) is 0 Å². The van der Waals surface area contributed by atoms with Crippen LogP contribution in [0.3, 0.4) is 0 Å². The van der Waals surface area contributed by atoms with Crippen molar-refractivity contribution < 1.29 is 15.3 Å². The third-order valence-corrected chi connectivity index (χ3v) is 8.32. The molecule has 3 atom stereocenters. The average molecular weight is 553 g/mol. The minimum Gasteiger partial charge on any atom is -0.390 e. The molecular weight excluding hydrogens is 504 g/mol. The van der Waals surface area contributed by atoms with Gasteiger partial charge in [0.05, 0.1) is 37.9 Å². The predicted octanol–water partition coefficient (Wildman–Crippen LogP) is -1.29. The van der Waals surface area contributed by atoms with Crippen molar-refractivity contribution in [3.8, 4) is 0 Å². The molecular formula is C27H48N6O6. The Kier molecular flexibility index (Phi) is 11.4. The molecule has 39 heavy (non-hydrogen) atoms. The SMILES string of the molecule is O=c1n(C[C@H](O)CN2CCCCC2)c(=O)n(C[C@@H](O)CN2CCCCC2)c(=O)n1C[C@H](O)CN1CCCCC1. The first-order valence-electron chi connectivity index (χ1n) is 15.0. The van der Waals surface area contributed by atoms with Crippen molar-refractivity contribution in [2.24, 2.45) is 0 Å². The van der Waals surface area contributed by atoms with Gasteiger partial charge in [0.2, 0.25) is 0 Å². The van der Waals surface area contributed by atoms with E-state index in [4.69, 9.17) is 0 Å². The van der Waals surface area contributed by atoms with Gasteiger partial charge < -0.3 is 30.0 Å². The summed E-state index contributed by atoms with van der Waals surface area (Å²) in [6.45, 7) is 5.42. The van der Waals surface area contributed by atoms with E-state index in [0.717, 1.165) is 111 Å². The molecule has 1 aromatic heterocycles. The van der Waals surface area contributed by atoms with E-state index in [1.54, 1.807) is 0 Å². The maximum atomic E-state index is 13.4. The summed E-state index contributed by atoms with van der Waals surface area (Å²) in [5.41, 5.74) is -2.49. The van der Waals surface area contributed by atoms with Crippen LogP contribution in [0.1, 0.15) is 57.8 Å². The van der Waals surface area contributed by atoms with Gasteiger partial charge in [-0.3, -0.25) is 0 Å². The maximum Gasteiger partial charge on any atom is 0.336 e. The normalized spacial score (nSPS) is 22.5. The first kappa shape index (κ1) is 30.1. The molecule has 4 rings (SSSR count).